The number of ketones is 1. The summed E-state index contributed by atoms with van der Waals surface area (Å²) in [6.45, 7) is 5.63. The zero-order valence-corrected chi connectivity index (χ0v) is 19.4. The van der Waals surface area contributed by atoms with Gasteiger partial charge in [-0.3, -0.25) is 14.4 Å². The molecule has 34 heavy (non-hydrogen) atoms. The van der Waals surface area contributed by atoms with E-state index < -0.39 is 47.4 Å². The van der Waals surface area contributed by atoms with Crippen LogP contribution in [0.25, 0.3) is 0 Å². The second-order valence-electron chi connectivity index (χ2n) is 7.83. The molecule has 7 nitrogen and oxygen atoms in total. The van der Waals surface area contributed by atoms with Gasteiger partial charge in [-0.25, -0.2) is 4.98 Å². The highest BCUT2D eigenvalue weighted by atomic mass is 19.4. The largest absolute Gasteiger partial charge is 0.493 e. The summed E-state index contributed by atoms with van der Waals surface area (Å²) in [4.78, 5) is 40.7. The molecule has 184 valence electrons. The van der Waals surface area contributed by atoms with Crippen LogP contribution in [-0.4, -0.2) is 35.9 Å². The molecule has 0 radical (unpaired) electrons. The number of carbonyl (C=O) groups excluding carboxylic acids is 3. The first-order valence-electron chi connectivity index (χ1n) is 10.5. The Morgan fingerprint density at radius 1 is 1.06 bits per heavy atom. The monoisotopic (exact) mass is 481 g/mol. The zero-order chi connectivity index (χ0) is 25.6. The van der Waals surface area contributed by atoms with Crippen LogP contribution in [0, 0.1) is 5.92 Å². The molecule has 0 aliphatic rings. The van der Waals surface area contributed by atoms with Gasteiger partial charge in [0.1, 0.15) is 6.10 Å². The fourth-order valence-corrected chi connectivity index (χ4v) is 3.30. The first-order valence-corrected chi connectivity index (χ1v) is 10.5. The number of aromatic nitrogens is 1. The molecule has 10 heteroatoms. The fourth-order valence-electron chi connectivity index (χ4n) is 3.30. The van der Waals surface area contributed by atoms with Crippen molar-refractivity contribution in [2.24, 2.45) is 5.92 Å². The Bertz CT molecular complexity index is 1050. The van der Waals surface area contributed by atoms with Crippen LogP contribution in [0.5, 0.6) is 11.5 Å². The van der Waals surface area contributed by atoms with E-state index in [9.17, 15) is 27.6 Å². The number of methoxy groups -OCH3 is 1. The number of hydrogen-bond donors (Lipinski definition) is 0. The number of pyridine rings is 1. The van der Waals surface area contributed by atoms with Gasteiger partial charge in [-0.1, -0.05) is 32.0 Å². The first-order chi connectivity index (χ1) is 15.9. The van der Waals surface area contributed by atoms with Gasteiger partial charge in [-0.15, -0.1) is 0 Å². The van der Waals surface area contributed by atoms with Crippen molar-refractivity contribution in [2.45, 2.75) is 52.3 Å². The summed E-state index contributed by atoms with van der Waals surface area (Å²) in [5.41, 5.74) is -0.976. The molecule has 0 N–H and O–H groups in total. The van der Waals surface area contributed by atoms with Gasteiger partial charge in [0.25, 0.3) is 0 Å². The van der Waals surface area contributed by atoms with E-state index in [1.165, 1.54) is 58.3 Å². The maximum Gasteiger partial charge on any atom is 0.416 e. The number of nitrogens with zero attached hydrogens (tertiary/aromatic N) is 1. The van der Waals surface area contributed by atoms with Crippen LogP contribution in [0.2, 0.25) is 0 Å². The molecule has 0 aliphatic carbocycles. The third-order valence-corrected chi connectivity index (χ3v) is 5.26. The predicted octanol–water partition coefficient (Wildman–Crippen LogP) is 4.98. The van der Waals surface area contributed by atoms with Gasteiger partial charge in [0.05, 0.1) is 18.6 Å². The van der Waals surface area contributed by atoms with Crippen LogP contribution in [0.1, 0.15) is 61.6 Å². The van der Waals surface area contributed by atoms with Crippen LogP contribution in [0.3, 0.4) is 0 Å². The average Bonchev–Trinajstić information content (AvgIpc) is 2.77. The van der Waals surface area contributed by atoms with Crippen molar-refractivity contribution >= 4 is 17.7 Å². The Hall–Kier alpha value is -3.43. The summed E-state index contributed by atoms with van der Waals surface area (Å²) in [6, 6.07) is 6.51. The molecular formula is C24H26F3NO6. The first kappa shape index (κ1) is 26.8. The van der Waals surface area contributed by atoms with Gasteiger partial charge in [0, 0.05) is 31.5 Å². The van der Waals surface area contributed by atoms with Gasteiger partial charge < -0.3 is 14.2 Å². The zero-order valence-electron chi connectivity index (χ0n) is 19.4. The quantitative estimate of drug-likeness (QED) is 0.369. The highest BCUT2D eigenvalue weighted by Gasteiger charge is 2.36. The summed E-state index contributed by atoms with van der Waals surface area (Å²) >= 11 is 0. The molecule has 2 aromatic rings. The van der Waals surface area contributed by atoms with E-state index in [1.807, 2.05) is 0 Å². The van der Waals surface area contributed by atoms with Crippen molar-refractivity contribution in [3.8, 4) is 11.5 Å². The lowest BCUT2D eigenvalue weighted by molar-refractivity contribution is -0.153. The normalized spacial score (nSPS) is 14.0. The fraction of sp³-hybridized carbons (Fsp3) is 0.417. The Labute approximate surface area is 195 Å². The number of hydrogen-bond acceptors (Lipinski definition) is 7. The van der Waals surface area contributed by atoms with Crippen molar-refractivity contribution in [3.05, 3.63) is 53.3 Å². The van der Waals surface area contributed by atoms with Gasteiger partial charge in [-0.2, -0.15) is 13.2 Å². The van der Waals surface area contributed by atoms with E-state index in [0.717, 1.165) is 13.0 Å². The average molecular weight is 481 g/mol. The highest BCUT2D eigenvalue weighted by Crippen LogP contribution is 2.37. The van der Waals surface area contributed by atoms with Crippen LogP contribution in [-0.2, 0) is 20.5 Å². The standard InChI is InChI=1S/C24H26F3NO6/c1-13(12-19(30)21-22(34-16(4)29)20(32-5)10-11-28-21)23(31)33-15(3)14(2)17-8-6-7-9-18(17)24(25,26)27/h6-11,13-15H,12H2,1-5H3/t13-,14-,15+/m1/s1. The van der Waals surface area contributed by atoms with Crippen LogP contribution >= 0.6 is 0 Å². The van der Waals surface area contributed by atoms with Crippen molar-refractivity contribution in [1.29, 1.82) is 0 Å². The van der Waals surface area contributed by atoms with E-state index in [1.54, 1.807) is 0 Å². The molecule has 3 atom stereocenters. The van der Waals surface area contributed by atoms with E-state index in [-0.39, 0.29) is 29.2 Å². The van der Waals surface area contributed by atoms with E-state index in [2.05, 4.69) is 4.98 Å². The maximum atomic E-state index is 13.3. The minimum atomic E-state index is -4.54. The minimum absolute atomic E-state index is 0.00522. The second kappa shape index (κ2) is 11.1. The third kappa shape index (κ3) is 6.55. The number of Topliss-reactive ketones (excluding diaryl/α,β-unsaturated/α-hetero) is 1. The number of alkyl halides is 3. The number of halogens is 3. The summed E-state index contributed by atoms with van der Waals surface area (Å²) in [7, 11) is 1.33. The predicted molar refractivity (Wildman–Crippen MR) is 116 cm³/mol. The van der Waals surface area contributed by atoms with Gasteiger partial charge in [0.15, 0.2) is 17.2 Å². The summed E-state index contributed by atoms with van der Waals surface area (Å²) in [5.74, 6) is -3.76. The molecule has 1 heterocycles. The number of carbonyl (C=O) groups is 3. The van der Waals surface area contributed by atoms with E-state index in [0.29, 0.717) is 0 Å². The summed E-state index contributed by atoms with van der Waals surface area (Å²) < 4.78 is 55.6. The Morgan fingerprint density at radius 3 is 2.29 bits per heavy atom. The molecule has 0 bridgehead atoms. The Kier molecular flexibility index (Phi) is 8.78. The van der Waals surface area contributed by atoms with Gasteiger partial charge in [-0.05, 0) is 18.6 Å². The number of rotatable bonds is 9. The van der Waals surface area contributed by atoms with Gasteiger partial charge >= 0.3 is 18.1 Å². The number of esters is 2. The lowest BCUT2D eigenvalue weighted by Gasteiger charge is -2.25. The molecule has 0 amide bonds. The number of ether oxygens (including phenoxy) is 3. The molecule has 1 aromatic carbocycles. The van der Waals surface area contributed by atoms with Crippen LogP contribution in [0.15, 0.2) is 36.5 Å². The lowest BCUT2D eigenvalue weighted by atomic mass is 9.91. The highest BCUT2D eigenvalue weighted by molar-refractivity contribution is 5.99. The van der Waals surface area contributed by atoms with Crippen LogP contribution in [0.4, 0.5) is 13.2 Å². The molecule has 0 saturated carbocycles. The van der Waals surface area contributed by atoms with Crippen molar-refractivity contribution < 1.29 is 41.8 Å². The van der Waals surface area contributed by atoms with Crippen molar-refractivity contribution in [1.82, 2.24) is 4.98 Å². The summed E-state index contributed by atoms with van der Waals surface area (Å²) in [6.07, 6.45) is -4.46. The van der Waals surface area contributed by atoms with Crippen molar-refractivity contribution in [3.63, 3.8) is 0 Å². The maximum absolute atomic E-state index is 13.3. The van der Waals surface area contributed by atoms with E-state index in [4.69, 9.17) is 14.2 Å². The third-order valence-electron chi connectivity index (χ3n) is 5.26. The van der Waals surface area contributed by atoms with Crippen molar-refractivity contribution in [2.75, 3.05) is 7.11 Å². The number of benzene rings is 1. The molecule has 0 fully saturated rings. The van der Waals surface area contributed by atoms with Gasteiger partial charge in [0.2, 0.25) is 5.75 Å². The minimum Gasteiger partial charge on any atom is -0.493 e. The molecular weight excluding hydrogens is 455 g/mol. The Balaban J connectivity index is 2.13. The summed E-state index contributed by atoms with van der Waals surface area (Å²) in [5, 5.41) is 0. The SMILES string of the molecule is COc1ccnc(C(=O)C[C@@H](C)C(=O)O[C@@H](C)[C@@H](C)c2ccccc2C(F)(F)F)c1OC(C)=O. The molecule has 0 spiro atoms. The molecule has 0 unspecified atom stereocenters. The lowest BCUT2D eigenvalue weighted by Crippen LogP contribution is -2.27. The smallest absolute Gasteiger partial charge is 0.416 e. The Morgan fingerprint density at radius 2 is 1.71 bits per heavy atom. The molecule has 0 aliphatic heterocycles. The molecule has 1 aromatic heterocycles. The second-order valence-corrected chi connectivity index (χ2v) is 7.83. The van der Waals surface area contributed by atoms with E-state index >= 15 is 0 Å². The molecule has 2 rings (SSSR count). The molecule has 0 saturated heterocycles. The van der Waals surface area contributed by atoms with Crippen LogP contribution < -0.4 is 9.47 Å². The topological polar surface area (TPSA) is 91.8 Å².